The maximum Gasteiger partial charge on any atom is 0.280 e. The summed E-state index contributed by atoms with van der Waals surface area (Å²) in [5.41, 5.74) is 5.19. The number of nitrogens with zero attached hydrogens (tertiary/aromatic N) is 3. The van der Waals surface area contributed by atoms with Crippen molar-refractivity contribution in [3.63, 3.8) is 0 Å². The Morgan fingerprint density at radius 2 is 2.22 bits per heavy atom. The third kappa shape index (κ3) is 2.68. The fraction of sp³-hybridized carbons (Fsp3) is 0.583. The first-order valence-electron chi connectivity index (χ1n) is 7.10. The van der Waals surface area contributed by atoms with Gasteiger partial charge >= 0.3 is 0 Å². The van der Waals surface area contributed by atoms with Gasteiger partial charge in [0, 0.05) is 13.1 Å². The molecule has 0 aliphatic carbocycles. The molecule has 126 valence electrons. The smallest absolute Gasteiger partial charge is 0.280 e. The van der Waals surface area contributed by atoms with Gasteiger partial charge in [-0.2, -0.15) is 4.98 Å². The number of H-pyrrole nitrogens is 1. The lowest BCUT2D eigenvalue weighted by Crippen LogP contribution is -2.33. The van der Waals surface area contributed by atoms with Crippen molar-refractivity contribution in [3.05, 3.63) is 16.7 Å². The summed E-state index contributed by atoms with van der Waals surface area (Å²) in [4.78, 5) is 22.7. The highest BCUT2D eigenvalue weighted by atomic mass is 16.6. The molecule has 0 spiro atoms. The van der Waals surface area contributed by atoms with Crippen molar-refractivity contribution in [2.75, 3.05) is 25.0 Å². The maximum atomic E-state index is 12.0. The first kappa shape index (κ1) is 15.8. The molecule has 0 unspecified atom stereocenters. The third-order valence-electron chi connectivity index (χ3n) is 3.66. The quantitative estimate of drug-likeness (QED) is 0.337. The van der Waals surface area contributed by atoms with Gasteiger partial charge in [0.15, 0.2) is 17.4 Å². The molecule has 3 heterocycles. The van der Waals surface area contributed by atoms with Gasteiger partial charge in [-0.3, -0.25) is 14.3 Å². The summed E-state index contributed by atoms with van der Waals surface area (Å²) in [6.45, 7) is 0.324. The Morgan fingerprint density at radius 1 is 1.43 bits per heavy atom. The first-order valence-corrected chi connectivity index (χ1v) is 7.10. The second-order valence-electron chi connectivity index (χ2n) is 5.18. The molecule has 1 aliphatic rings. The van der Waals surface area contributed by atoms with Crippen LogP contribution in [0.3, 0.4) is 0 Å². The molecular formula is C12H18N6O5. The molecule has 4 atom stereocenters. The van der Waals surface area contributed by atoms with E-state index < -0.39 is 36.7 Å². The van der Waals surface area contributed by atoms with Crippen molar-refractivity contribution in [1.82, 2.24) is 19.5 Å². The van der Waals surface area contributed by atoms with Crippen LogP contribution >= 0.6 is 0 Å². The third-order valence-corrected chi connectivity index (χ3v) is 3.66. The van der Waals surface area contributed by atoms with Gasteiger partial charge in [-0.25, -0.2) is 4.98 Å². The predicted octanol–water partition coefficient (Wildman–Crippen LogP) is -2.90. The van der Waals surface area contributed by atoms with E-state index in [0.29, 0.717) is 13.1 Å². The number of ether oxygens (including phenoxy) is 1. The Labute approximate surface area is 129 Å². The summed E-state index contributed by atoms with van der Waals surface area (Å²) in [5.74, 6) is 0.210. The number of hydrogen-bond acceptors (Lipinski definition) is 9. The molecule has 0 bridgehead atoms. The normalized spacial score (nSPS) is 27.7. The zero-order valence-corrected chi connectivity index (χ0v) is 12.1. The Morgan fingerprint density at radius 3 is 2.87 bits per heavy atom. The van der Waals surface area contributed by atoms with E-state index in [-0.39, 0.29) is 17.1 Å². The lowest BCUT2D eigenvalue weighted by atomic mass is 10.1. The molecule has 0 amide bonds. The van der Waals surface area contributed by atoms with Crippen LogP contribution in [-0.4, -0.2) is 72.8 Å². The van der Waals surface area contributed by atoms with Crippen molar-refractivity contribution in [1.29, 1.82) is 0 Å². The van der Waals surface area contributed by atoms with E-state index in [9.17, 15) is 15.0 Å². The number of hydrogen-bond donors (Lipinski definition) is 6. The molecule has 1 saturated heterocycles. The highest BCUT2D eigenvalue weighted by Gasteiger charge is 2.44. The number of aliphatic hydroxyl groups is 3. The van der Waals surface area contributed by atoms with Gasteiger partial charge in [0.25, 0.3) is 5.56 Å². The summed E-state index contributed by atoms with van der Waals surface area (Å²) in [5, 5.41) is 31.9. The van der Waals surface area contributed by atoms with Gasteiger partial charge in [0.1, 0.15) is 18.3 Å². The van der Waals surface area contributed by atoms with E-state index >= 15 is 0 Å². The van der Waals surface area contributed by atoms with Crippen molar-refractivity contribution < 1.29 is 20.1 Å². The van der Waals surface area contributed by atoms with E-state index in [4.69, 9.17) is 15.6 Å². The molecule has 1 fully saturated rings. The number of imidazole rings is 1. The molecule has 11 heteroatoms. The van der Waals surface area contributed by atoms with E-state index in [1.807, 2.05) is 0 Å². The topological polar surface area (TPSA) is 172 Å². The molecule has 1 aliphatic heterocycles. The van der Waals surface area contributed by atoms with E-state index in [1.165, 1.54) is 10.9 Å². The van der Waals surface area contributed by atoms with Crippen LogP contribution in [0.25, 0.3) is 11.2 Å². The summed E-state index contributed by atoms with van der Waals surface area (Å²) in [7, 11) is 0. The van der Waals surface area contributed by atoms with Crippen molar-refractivity contribution >= 4 is 17.1 Å². The summed E-state index contributed by atoms with van der Waals surface area (Å²) < 4.78 is 6.78. The number of rotatable bonds is 5. The number of fused-ring (bicyclic) bond motifs is 1. The molecule has 0 saturated carbocycles. The largest absolute Gasteiger partial charge is 0.394 e. The molecule has 7 N–H and O–H groups in total. The molecule has 0 aromatic carbocycles. The number of nitrogens with two attached hydrogens (primary N) is 1. The van der Waals surface area contributed by atoms with Crippen LogP contribution in [0.4, 0.5) is 5.95 Å². The minimum atomic E-state index is -1.29. The average Bonchev–Trinajstić information content (AvgIpc) is 3.08. The minimum Gasteiger partial charge on any atom is -0.394 e. The van der Waals surface area contributed by atoms with Gasteiger partial charge in [-0.05, 0) is 0 Å². The number of nitrogens with one attached hydrogen (secondary N) is 2. The zero-order valence-electron chi connectivity index (χ0n) is 12.1. The SMILES string of the molecule is NCCNc1nc2c(ncn2[C@@H]2O[C@H](CO)[C@@H](O)[C@H]2O)c(=O)[nH]1. The van der Waals surface area contributed by atoms with Crippen molar-refractivity contribution in [2.24, 2.45) is 5.73 Å². The van der Waals surface area contributed by atoms with Gasteiger partial charge in [-0.15, -0.1) is 0 Å². The number of aromatic nitrogens is 4. The van der Waals surface area contributed by atoms with E-state index in [0.717, 1.165) is 0 Å². The van der Waals surface area contributed by atoms with Gasteiger partial charge < -0.3 is 31.1 Å². The second kappa shape index (κ2) is 6.22. The van der Waals surface area contributed by atoms with Crippen LogP contribution in [-0.2, 0) is 4.74 Å². The Balaban J connectivity index is 2.01. The van der Waals surface area contributed by atoms with Crippen LogP contribution in [0.2, 0.25) is 0 Å². The Bertz CT molecular complexity index is 745. The summed E-state index contributed by atoms with van der Waals surface area (Å²) in [6, 6.07) is 0. The zero-order chi connectivity index (χ0) is 16.6. The molecule has 0 radical (unpaired) electrons. The second-order valence-corrected chi connectivity index (χ2v) is 5.18. The van der Waals surface area contributed by atoms with Crippen LogP contribution in [0.1, 0.15) is 6.23 Å². The maximum absolute atomic E-state index is 12.0. The molecule has 11 nitrogen and oxygen atoms in total. The minimum absolute atomic E-state index is 0.0704. The first-order chi connectivity index (χ1) is 11.1. The lowest BCUT2D eigenvalue weighted by molar-refractivity contribution is -0.0511. The van der Waals surface area contributed by atoms with Gasteiger partial charge in [0.2, 0.25) is 5.95 Å². The fourth-order valence-corrected chi connectivity index (χ4v) is 2.50. The van der Waals surface area contributed by atoms with Crippen LogP contribution in [0.5, 0.6) is 0 Å². The Kier molecular flexibility index (Phi) is 4.28. The van der Waals surface area contributed by atoms with Crippen LogP contribution in [0.15, 0.2) is 11.1 Å². The monoisotopic (exact) mass is 326 g/mol. The lowest BCUT2D eigenvalue weighted by Gasteiger charge is -2.16. The predicted molar refractivity (Wildman–Crippen MR) is 78.7 cm³/mol. The van der Waals surface area contributed by atoms with Crippen LogP contribution < -0.4 is 16.6 Å². The summed E-state index contributed by atoms with van der Waals surface area (Å²) in [6.07, 6.45) is -3.18. The molecule has 3 rings (SSSR count). The van der Waals surface area contributed by atoms with Gasteiger partial charge in [-0.1, -0.05) is 0 Å². The fourth-order valence-electron chi connectivity index (χ4n) is 2.50. The number of anilines is 1. The standard InChI is InChI=1S/C12H18N6O5/c13-1-2-14-12-16-9-6(10(22)17-12)15-4-18(9)11-8(21)7(20)5(3-19)23-11/h4-5,7-8,11,19-21H,1-3,13H2,(H2,14,16,17,22)/t5-,7-,8-,11-/m1/s1. The molecule has 23 heavy (non-hydrogen) atoms. The van der Waals surface area contributed by atoms with E-state index in [2.05, 4.69) is 20.3 Å². The van der Waals surface area contributed by atoms with Crippen molar-refractivity contribution in [2.45, 2.75) is 24.5 Å². The summed E-state index contributed by atoms with van der Waals surface area (Å²) >= 11 is 0. The molecule has 2 aromatic rings. The van der Waals surface area contributed by atoms with Crippen LogP contribution in [0, 0.1) is 0 Å². The molecular weight excluding hydrogens is 308 g/mol. The number of aliphatic hydroxyl groups excluding tert-OH is 3. The van der Waals surface area contributed by atoms with Crippen molar-refractivity contribution in [3.8, 4) is 0 Å². The highest BCUT2D eigenvalue weighted by molar-refractivity contribution is 5.70. The molecule has 2 aromatic heterocycles. The number of aromatic amines is 1. The highest BCUT2D eigenvalue weighted by Crippen LogP contribution is 2.30. The van der Waals surface area contributed by atoms with Gasteiger partial charge in [0.05, 0.1) is 12.9 Å². The Hall–Kier alpha value is -2.05. The van der Waals surface area contributed by atoms with E-state index in [1.54, 1.807) is 0 Å². The average molecular weight is 326 g/mol.